The number of fused-ring (bicyclic) bond motifs is 1. The number of aromatic amines is 1. The van der Waals surface area contributed by atoms with E-state index in [1.165, 1.54) is 12.3 Å². The van der Waals surface area contributed by atoms with Crippen LogP contribution in [0.4, 0.5) is 19.0 Å². The summed E-state index contributed by atoms with van der Waals surface area (Å²) in [7, 11) is 1.81. The van der Waals surface area contributed by atoms with E-state index in [0.29, 0.717) is 17.7 Å². The van der Waals surface area contributed by atoms with Crippen LogP contribution < -0.4 is 10.6 Å². The number of aromatic nitrogens is 4. The number of carbonyl (C=O) groups excluding carboxylic acids is 1. The number of nitrogens with zero attached hydrogens (tertiary/aromatic N) is 3. The van der Waals surface area contributed by atoms with Gasteiger partial charge in [0.1, 0.15) is 17.3 Å². The Labute approximate surface area is 193 Å². The standard InChI is InChI=1S/C24H23F3N6O/c1-33-7-3-6-20(33)24(34)31-15-5-2-4-14(10-15)30-23-19(27)12-29-22(32-23)17-11-28-21-16(17)8-13(25)9-18(21)26/h3,6-9,11-12,14-15,28H,2,4-5,10H2,1H3,(H,31,34)(H,29,30,32)/t14-,15+/m0/s1. The fraction of sp³-hybridized carbons (Fsp3) is 0.292. The van der Waals surface area contributed by atoms with Crippen molar-refractivity contribution in [2.75, 3.05) is 5.32 Å². The average Bonchev–Trinajstić information content (AvgIpc) is 3.42. The van der Waals surface area contributed by atoms with Crippen LogP contribution in [-0.4, -0.2) is 37.5 Å². The van der Waals surface area contributed by atoms with Crippen molar-refractivity contribution < 1.29 is 18.0 Å². The first kappa shape index (κ1) is 22.0. The number of benzene rings is 1. The highest BCUT2D eigenvalue weighted by molar-refractivity contribution is 5.94. The second kappa shape index (κ2) is 8.85. The zero-order valence-corrected chi connectivity index (χ0v) is 18.4. The molecular formula is C24H23F3N6O. The monoisotopic (exact) mass is 468 g/mol. The third-order valence-electron chi connectivity index (χ3n) is 6.22. The van der Waals surface area contributed by atoms with Crippen LogP contribution in [0.25, 0.3) is 22.3 Å². The molecule has 1 aliphatic carbocycles. The van der Waals surface area contributed by atoms with E-state index >= 15 is 0 Å². The molecule has 3 N–H and O–H groups in total. The lowest BCUT2D eigenvalue weighted by Gasteiger charge is -2.30. The molecule has 10 heteroatoms. The van der Waals surface area contributed by atoms with Gasteiger partial charge in [0.05, 0.1) is 11.7 Å². The Kier molecular flexibility index (Phi) is 5.72. The molecule has 1 aromatic carbocycles. The SMILES string of the molecule is Cn1cccc1C(=O)N[C@@H]1CCC[C@H](Nc2nc(-c3c[nH]c4c(F)cc(F)cc34)ncc2F)C1. The number of rotatable bonds is 5. The first-order valence-corrected chi connectivity index (χ1v) is 11.1. The molecule has 4 aromatic rings. The summed E-state index contributed by atoms with van der Waals surface area (Å²) >= 11 is 0. The van der Waals surface area contributed by atoms with E-state index in [4.69, 9.17) is 0 Å². The molecule has 1 amide bonds. The fourth-order valence-corrected chi connectivity index (χ4v) is 4.54. The van der Waals surface area contributed by atoms with Crippen molar-refractivity contribution in [3.05, 3.63) is 66.0 Å². The number of H-pyrrole nitrogens is 1. The lowest BCUT2D eigenvalue weighted by molar-refractivity contribution is 0.0918. The molecule has 0 unspecified atom stereocenters. The number of hydrogen-bond donors (Lipinski definition) is 3. The van der Waals surface area contributed by atoms with Crippen LogP contribution in [-0.2, 0) is 7.05 Å². The van der Waals surface area contributed by atoms with Gasteiger partial charge in [0.15, 0.2) is 17.5 Å². The fourth-order valence-electron chi connectivity index (χ4n) is 4.54. The van der Waals surface area contributed by atoms with Gasteiger partial charge in [0.25, 0.3) is 5.91 Å². The van der Waals surface area contributed by atoms with Gasteiger partial charge in [-0.05, 0) is 43.9 Å². The molecule has 0 saturated heterocycles. The van der Waals surface area contributed by atoms with Crippen LogP contribution in [0, 0.1) is 17.5 Å². The maximum atomic E-state index is 14.6. The highest BCUT2D eigenvalue weighted by atomic mass is 19.1. The molecule has 5 rings (SSSR count). The minimum Gasteiger partial charge on any atom is -0.365 e. The lowest BCUT2D eigenvalue weighted by Crippen LogP contribution is -2.42. The zero-order valence-electron chi connectivity index (χ0n) is 18.4. The number of carbonyl (C=O) groups is 1. The highest BCUT2D eigenvalue weighted by Crippen LogP contribution is 2.30. The summed E-state index contributed by atoms with van der Waals surface area (Å²) in [6, 6.07) is 5.38. The average molecular weight is 468 g/mol. The van der Waals surface area contributed by atoms with E-state index in [1.807, 2.05) is 19.3 Å². The second-order valence-corrected chi connectivity index (χ2v) is 8.59. The molecule has 0 spiro atoms. The first-order chi connectivity index (χ1) is 16.4. The van der Waals surface area contributed by atoms with Crippen LogP contribution in [0.15, 0.2) is 42.9 Å². The molecule has 7 nitrogen and oxygen atoms in total. The summed E-state index contributed by atoms with van der Waals surface area (Å²) in [5, 5.41) is 6.46. The van der Waals surface area contributed by atoms with Crippen molar-refractivity contribution in [1.29, 1.82) is 0 Å². The first-order valence-electron chi connectivity index (χ1n) is 11.1. The van der Waals surface area contributed by atoms with E-state index in [1.54, 1.807) is 10.6 Å². The predicted molar refractivity (Wildman–Crippen MR) is 122 cm³/mol. The quantitative estimate of drug-likeness (QED) is 0.402. The summed E-state index contributed by atoms with van der Waals surface area (Å²) in [6.45, 7) is 0. The van der Waals surface area contributed by atoms with Gasteiger partial charge in [-0.15, -0.1) is 0 Å². The van der Waals surface area contributed by atoms with Crippen LogP contribution in [0.2, 0.25) is 0 Å². The molecule has 34 heavy (non-hydrogen) atoms. The smallest absolute Gasteiger partial charge is 0.268 e. The van der Waals surface area contributed by atoms with E-state index in [-0.39, 0.29) is 40.5 Å². The largest absolute Gasteiger partial charge is 0.365 e. The Morgan fingerprint density at radius 1 is 1.18 bits per heavy atom. The van der Waals surface area contributed by atoms with Crippen molar-refractivity contribution in [2.24, 2.45) is 7.05 Å². The third-order valence-corrected chi connectivity index (χ3v) is 6.22. The number of hydrogen-bond acceptors (Lipinski definition) is 4. The molecule has 2 atom stereocenters. The maximum absolute atomic E-state index is 14.6. The molecule has 1 fully saturated rings. The number of halogens is 3. The van der Waals surface area contributed by atoms with Crippen molar-refractivity contribution in [1.82, 2.24) is 24.8 Å². The molecule has 3 aromatic heterocycles. The van der Waals surface area contributed by atoms with Crippen LogP contribution >= 0.6 is 0 Å². The van der Waals surface area contributed by atoms with E-state index < -0.39 is 17.5 Å². The lowest BCUT2D eigenvalue weighted by atomic mass is 9.91. The Balaban J connectivity index is 1.33. The Bertz CT molecular complexity index is 1360. The number of nitrogens with one attached hydrogen (secondary N) is 3. The Hall–Kier alpha value is -3.82. The number of anilines is 1. The van der Waals surface area contributed by atoms with Crippen LogP contribution in [0.1, 0.15) is 36.2 Å². The molecule has 176 valence electrons. The summed E-state index contributed by atoms with van der Waals surface area (Å²) < 4.78 is 44.1. The van der Waals surface area contributed by atoms with Crippen molar-refractivity contribution in [3.63, 3.8) is 0 Å². The predicted octanol–water partition coefficient (Wildman–Crippen LogP) is 4.53. The normalized spacial score (nSPS) is 18.2. The number of amides is 1. The maximum Gasteiger partial charge on any atom is 0.268 e. The highest BCUT2D eigenvalue weighted by Gasteiger charge is 2.25. The molecule has 3 heterocycles. The molecule has 0 aliphatic heterocycles. The second-order valence-electron chi connectivity index (χ2n) is 8.59. The van der Waals surface area contributed by atoms with Gasteiger partial charge in [-0.3, -0.25) is 4.79 Å². The molecule has 1 saturated carbocycles. The van der Waals surface area contributed by atoms with Crippen molar-refractivity contribution >= 4 is 22.6 Å². The van der Waals surface area contributed by atoms with Gasteiger partial charge >= 0.3 is 0 Å². The van der Waals surface area contributed by atoms with Gasteiger partial charge in [-0.1, -0.05) is 0 Å². The zero-order chi connectivity index (χ0) is 23.8. The third kappa shape index (κ3) is 4.23. The van der Waals surface area contributed by atoms with Crippen molar-refractivity contribution in [2.45, 2.75) is 37.8 Å². The van der Waals surface area contributed by atoms with E-state index in [0.717, 1.165) is 31.5 Å². The Morgan fingerprint density at radius 3 is 2.79 bits per heavy atom. The number of aryl methyl sites for hydroxylation is 1. The topological polar surface area (TPSA) is 87.6 Å². The molecule has 0 bridgehead atoms. The van der Waals surface area contributed by atoms with Crippen LogP contribution in [0.5, 0.6) is 0 Å². The van der Waals surface area contributed by atoms with Crippen LogP contribution in [0.3, 0.4) is 0 Å². The minimum absolute atomic E-state index is 0.00985. The van der Waals surface area contributed by atoms with Gasteiger partial charge in [0.2, 0.25) is 0 Å². The summed E-state index contributed by atoms with van der Waals surface area (Å²) in [5.41, 5.74) is 1.07. The van der Waals surface area contributed by atoms with Crippen molar-refractivity contribution in [3.8, 4) is 11.4 Å². The van der Waals surface area contributed by atoms with E-state index in [2.05, 4.69) is 25.6 Å². The molecule has 0 radical (unpaired) electrons. The molecule has 1 aliphatic rings. The van der Waals surface area contributed by atoms with Gasteiger partial charge in [-0.25, -0.2) is 23.1 Å². The summed E-state index contributed by atoms with van der Waals surface area (Å²) in [6.07, 6.45) is 7.41. The van der Waals surface area contributed by atoms with Gasteiger partial charge < -0.3 is 20.2 Å². The minimum atomic E-state index is -0.729. The molecular weight excluding hydrogens is 445 g/mol. The summed E-state index contributed by atoms with van der Waals surface area (Å²) in [5.74, 6) is -2.08. The van der Waals surface area contributed by atoms with Gasteiger partial charge in [-0.2, -0.15) is 0 Å². The Morgan fingerprint density at radius 2 is 2.00 bits per heavy atom. The van der Waals surface area contributed by atoms with Gasteiger partial charge in [0, 0.05) is 48.5 Å². The van der Waals surface area contributed by atoms with E-state index in [9.17, 15) is 18.0 Å². The summed E-state index contributed by atoms with van der Waals surface area (Å²) in [4.78, 5) is 23.6.